The van der Waals surface area contributed by atoms with Crippen LogP contribution in [0.5, 0.6) is 0 Å². The lowest BCUT2D eigenvalue weighted by atomic mass is 9.80. The van der Waals surface area contributed by atoms with Crippen LogP contribution in [-0.2, 0) is 4.74 Å². The van der Waals surface area contributed by atoms with E-state index < -0.39 is 0 Å². The van der Waals surface area contributed by atoms with Gasteiger partial charge in [-0.25, -0.2) is 0 Å². The monoisotopic (exact) mass is 196 g/mol. The molecule has 1 aliphatic rings. The SMILES string of the molecule is C=C(C)COC1CCCC(C(C)C)C1. The molecule has 14 heavy (non-hydrogen) atoms. The zero-order valence-electron chi connectivity index (χ0n) is 9.88. The Hall–Kier alpha value is -0.300. The summed E-state index contributed by atoms with van der Waals surface area (Å²) in [6, 6.07) is 0. The van der Waals surface area contributed by atoms with Crippen molar-refractivity contribution in [1.82, 2.24) is 0 Å². The van der Waals surface area contributed by atoms with Crippen molar-refractivity contribution in [3.63, 3.8) is 0 Å². The quantitative estimate of drug-likeness (QED) is 0.621. The van der Waals surface area contributed by atoms with Gasteiger partial charge >= 0.3 is 0 Å². The van der Waals surface area contributed by atoms with Gasteiger partial charge in [0, 0.05) is 0 Å². The van der Waals surface area contributed by atoms with Crippen LogP contribution < -0.4 is 0 Å². The topological polar surface area (TPSA) is 9.23 Å². The van der Waals surface area contributed by atoms with Gasteiger partial charge in [-0.3, -0.25) is 0 Å². The lowest BCUT2D eigenvalue weighted by molar-refractivity contribution is 0.0178. The first-order valence-electron chi connectivity index (χ1n) is 5.85. The van der Waals surface area contributed by atoms with Crippen molar-refractivity contribution >= 4 is 0 Å². The third kappa shape index (κ3) is 3.83. The van der Waals surface area contributed by atoms with E-state index in [2.05, 4.69) is 20.4 Å². The fraction of sp³-hybridized carbons (Fsp3) is 0.846. The van der Waals surface area contributed by atoms with Gasteiger partial charge in [-0.1, -0.05) is 38.8 Å². The first kappa shape index (κ1) is 11.8. The zero-order chi connectivity index (χ0) is 10.6. The summed E-state index contributed by atoms with van der Waals surface area (Å²) in [4.78, 5) is 0. The summed E-state index contributed by atoms with van der Waals surface area (Å²) >= 11 is 0. The highest BCUT2D eigenvalue weighted by Crippen LogP contribution is 2.31. The van der Waals surface area contributed by atoms with Crippen molar-refractivity contribution in [2.45, 2.75) is 52.6 Å². The molecule has 2 atom stereocenters. The van der Waals surface area contributed by atoms with Crippen LogP contribution in [0.1, 0.15) is 46.5 Å². The van der Waals surface area contributed by atoms with Gasteiger partial charge in [0.15, 0.2) is 0 Å². The van der Waals surface area contributed by atoms with E-state index in [1.54, 1.807) is 0 Å². The van der Waals surface area contributed by atoms with Crippen LogP contribution >= 0.6 is 0 Å². The van der Waals surface area contributed by atoms with Crippen LogP contribution in [0.25, 0.3) is 0 Å². The maximum Gasteiger partial charge on any atom is 0.0675 e. The van der Waals surface area contributed by atoms with Crippen LogP contribution in [0.3, 0.4) is 0 Å². The van der Waals surface area contributed by atoms with Gasteiger partial charge in [-0.2, -0.15) is 0 Å². The zero-order valence-corrected chi connectivity index (χ0v) is 9.88. The van der Waals surface area contributed by atoms with Crippen molar-refractivity contribution in [1.29, 1.82) is 0 Å². The fourth-order valence-corrected chi connectivity index (χ4v) is 2.20. The van der Waals surface area contributed by atoms with E-state index in [0.29, 0.717) is 6.10 Å². The number of hydrogen-bond acceptors (Lipinski definition) is 1. The average Bonchev–Trinajstić information content (AvgIpc) is 2.15. The predicted molar refractivity (Wildman–Crippen MR) is 61.4 cm³/mol. The molecule has 0 aliphatic heterocycles. The van der Waals surface area contributed by atoms with Crippen molar-refractivity contribution in [3.8, 4) is 0 Å². The van der Waals surface area contributed by atoms with Gasteiger partial charge < -0.3 is 4.74 Å². The van der Waals surface area contributed by atoms with Crippen LogP contribution in [0, 0.1) is 11.8 Å². The van der Waals surface area contributed by atoms with Crippen LogP contribution in [0.2, 0.25) is 0 Å². The summed E-state index contributed by atoms with van der Waals surface area (Å²) in [5, 5.41) is 0. The molecule has 0 N–H and O–H groups in total. The van der Waals surface area contributed by atoms with Gasteiger partial charge in [-0.15, -0.1) is 0 Å². The molecule has 0 heterocycles. The summed E-state index contributed by atoms with van der Waals surface area (Å²) in [5.74, 6) is 1.69. The summed E-state index contributed by atoms with van der Waals surface area (Å²) in [5.41, 5.74) is 1.14. The Balaban J connectivity index is 2.29. The Morgan fingerprint density at radius 3 is 2.71 bits per heavy atom. The van der Waals surface area contributed by atoms with Gasteiger partial charge in [0.2, 0.25) is 0 Å². The fourth-order valence-electron chi connectivity index (χ4n) is 2.20. The highest BCUT2D eigenvalue weighted by Gasteiger charge is 2.24. The molecule has 0 amide bonds. The normalized spacial score (nSPS) is 28.0. The maximum atomic E-state index is 5.83. The molecule has 1 aliphatic carbocycles. The maximum absolute atomic E-state index is 5.83. The largest absolute Gasteiger partial charge is 0.374 e. The van der Waals surface area contributed by atoms with E-state index in [4.69, 9.17) is 4.74 Å². The Kier molecular flexibility index (Phi) is 4.67. The molecule has 0 radical (unpaired) electrons. The second-order valence-corrected chi connectivity index (χ2v) is 5.06. The molecule has 82 valence electrons. The number of ether oxygens (including phenoxy) is 1. The second-order valence-electron chi connectivity index (χ2n) is 5.06. The molecule has 0 aromatic heterocycles. The molecule has 1 rings (SSSR count). The molecular formula is C13H24O. The Morgan fingerprint density at radius 2 is 2.14 bits per heavy atom. The minimum atomic E-state index is 0.493. The second kappa shape index (κ2) is 5.55. The van der Waals surface area contributed by atoms with Crippen molar-refractivity contribution in [2.24, 2.45) is 11.8 Å². The van der Waals surface area contributed by atoms with Gasteiger partial charge in [0.1, 0.15) is 0 Å². The smallest absolute Gasteiger partial charge is 0.0675 e. The molecule has 0 aromatic carbocycles. The van der Waals surface area contributed by atoms with Gasteiger partial charge in [-0.05, 0) is 31.6 Å². The number of rotatable bonds is 4. The van der Waals surface area contributed by atoms with E-state index in [9.17, 15) is 0 Å². The van der Waals surface area contributed by atoms with Crippen molar-refractivity contribution in [3.05, 3.63) is 12.2 Å². The standard InChI is InChI=1S/C13H24O/c1-10(2)9-14-13-7-5-6-12(8-13)11(3)4/h11-13H,1,5-9H2,2-4H3. The number of hydrogen-bond donors (Lipinski definition) is 0. The minimum Gasteiger partial charge on any atom is -0.374 e. The molecule has 0 bridgehead atoms. The predicted octanol–water partition coefficient (Wildman–Crippen LogP) is 3.79. The van der Waals surface area contributed by atoms with E-state index in [1.165, 1.54) is 25.7 Å². The molecule has 1 nitrogen and oxygen atoms in total. The lowest BCUT2D eigenvalue weighted by Crippen LogP contribution is -2.26. The minimum absolute atomic E-state index is 0.493. The van der Waals surface area contributed by atoms with Crippen molar-refractivity contribution in [2.75, 3.05) is 6.61 Å². The molecule has 2 unspecified atom stereocenters. The Morgan fingerprint density at radius 1 is 1.43 bits per heavy atom. The third-order valence-electron chi connectivity index (χ3n) is 3.17. The van der Waals surface area contributed by atoms with Crippen LogP contribution in [0.15, 0.2) is 12.2 Å². The summed E-state index contributed by atoms with van der Waals surface area (Å²) in [6.45, 7) is 11.3. The molecule has 0 aromatic rings. The molecule has 1 heteroatoms. The third-order valence-corrected chi connectivity index (χ3v) is 3.17. The van der Waals surface area contributed by atoms with E-state index in [-0.39, 0.29) is 0 Å². The van der Waals surface area contributed by atoms with Crippen LogP contribution in [0.4, 0.5) is 0 Å². The molecule has 0 saturated heterocycles. The lowest BCUT2D eigenvalue weighted by Gasteiger charge is -2.31. The van der Waals surface area contributed by atoms with Gasteiger partial charge in [0.05, 0.1) is 12.7 Å². The highest BCUT2D eigenvalue weighted by molar-refractivity contribution is 4.88. The van der Waals surface area contributed by atoms with E-state index in [0.717, 1.165) is 24.0 Å². The first-order chi connectivity index (χ1) is 6.59. The Bertz CT molecular complexity index is 184. The first-order valence-corrected chi connectivity index (χ1v) is 5.85. The van der Waals surface area contributed by atoms with Crippen LogP contribution in [-0.4, -0.2) is 12.7 Å². The molecular weight excluding hydrogens is 172 g/mol. The summed E-state index contributed by atoms with van der Waals surface area (Å²) in [7, 11) is 0. The van der Waals surface area contributed by atoms with Crippen molar-refractivity contribution < 1.29 is 4.74 Å². The average molecular weight is 196 g/mol. The molecule has 1 saturated carbocycles. The summed E-state index contributed by atoms with van der Waals surface area (Å²) in [6.07, 6.45) is 5.73. The molecule has 1 fully saturated rings. The van der Waals surface area contributed by atoms with E-state index >= 15 is 0 Å². The molecule has 0 spiro atoms. The Labute approximate surface area is 88.5 Å². The highest BCUT2D eigenvalue weighted by atomic mass is 16.5. The van der Waals surface area contributed by atoms with Gasteiger partial charge in [0.25, 0.3) is 0 Å². The summed E-state index contributed by atoms with van der Waals surface area (Å²) < 4.78 is 5.83. The van der Waals surface area contributed by atoms with E-state index in [1.807, 2.05) is 6.92 Å².